The molecule has 3 amide bonds. The number of aliphatic carboxylic acids is 1. The number of rotatable bonds is 4. The molecule has 0 unspecified atom stereocenters. The Hall–Kier alpha value is -2.78. The monoisotopic (exact) mass is 373 g/mol. The number of hydrogen-bond donors (Lipinski definition) is 3. The lowest BCUT2D eigenvalue weighted by atomic mass is 9.96. The van der Waals surface area contributed by atoms with E-state index in [1.807, 2.05) is 0 Å². The van der Waals surface area contributed by atoms with Crippen molar-refractivity contribution in [1.82, 2.24) is 10.2 Å². The van der Waals surface area contributed by atoms with Crippen LogP contribution >= 0.6 is 0 Å². The van der Waals surface area contributed by atoms with Gasteiger partial charge >= 0.3 is 18.2 Å². The van der Waals surface area contributed by atoms with Gasteiger partial charge in [-0.25, -0.2) is 4.79 Å². The lowest BCUT2D eigenvalue weighted by Crippen LogP contribution is -2.39. The molecule has 7 nitrogen and oxygen atoms in total. The molecule has 3 N–H and O–H groups in total. The minimum atomic E-state index is -4.68. The third kappa shape index (κ3) is 4.87. The maximum Gasteiger partial charge on any atom is 0.394 e. The van der Waals surface area contributed by atoms with Crippen LogP contribution in [0.4, 0.5) is 23.7 Å². The van der Waals surface area contributed by atoms with Crippen LogP contribution in [0.1, 0.15) is 12.5 Å². The predicted molar refractivity (Wildman–Crippen MR) is 85.2 cm³/mol. The zero-order valence-electron chi connectivity index (χ0n) is 13.8. The molecular formula is C16H18F3N3O4. The molecule has 0 bridgehead atoms. The summed E-state index contributed by atoms with van der Waals surface area (Å²) >= 11 is 0. The first-order valence-electron chi connectivity index (χ1n) is 7.76. The molecule has 0 spiro atoms. The summed E-state index contributed by atoms with van der Waals surface area (Å²) in [6.07, 6.45) is -4.68. The van der Waals surface area contributed by atoms with Crippen LogP contribution in [0.2, 0.25) is 0 Å². The highest BCUT2D eigenvalue weighted by Crippen LogP contribution is 2.37. The molecule has 1 aliphatic rings. The van der Waals surface area contributed by atoms with Gasteiger partial charge < -0.3 is 20.6 Å². The Labute approximate surface area is 147 Å². The molecule has 1 aliphatic heterocycles. The predicted octanol–water partition coefficient (Wildman–Crippen LogP) is 2.05. The number of carboxylic acid groups (broad SMARTS) is 1. The third-order valence-corrected chi connectivity index (χ3v) is 4.06. The topological polar surface area (TPSA) is 98.7 Å². The lowest BCUT2D eigenvalue weighted by molar-refractivity contribution is -0.187. The zero-order chi connectivity index (χ0) is 19.5. The number of nitrogens with zero attached hydrogens (tertiary/aromatic N) is 1. The standard InChI is InChI=1S/C16H18F3N3O4/c1-9(23)21-11-4-2-10(3-5-11)6-20-15(26)22-7-12(14(24)25)13(8-22)16(17,18)19/h2-5,12-13H,6-8H2,1H3,(H,20,26)(H,21,23)(H,24,25)/t12-,13-/m1/s1. The van der Waals surface area contributed by atoms with E-state index in [-0.39, 0.29) is 12.5 Å². The van der Waals surface area contributed by atoms with Crippen LogP contribution in [0.5, 0.6) is 0 Å². The molecule has 0 aliphatic carbocycles. The maximum absolute atomic E-state index is 12.9. The van der Waals surface area contributed by atoms with Crippen LogP contribution in [-0.2, 0) is 16.1 Å². The van der Waals surface area contributed by atoms with E-state index in [0.29, 0.717) is 11.3 Å². The number of urea groups is 1. The first-order valence-corrected chi connectivity index (χ1v) is 7.76. The average Bonchev–Trinajstić information content (AvgIpc) is 2.99. The largest absolute Gasteiger partial charge is 0.481 e. The molecule has 10 heteroatoms. The highest BCUT2D eigenvalue weighted by atomic mass is 19.4. The van der Waals surface area contributed by atoms with Gasteiger partial charge in [0.2, 0.25) is 5.91 Å². The van der Waals surface area contributed by atoms with Gasteiger partial charge in [-0.2, -0.15) is 13.2 Å². The van der Waals surface area contributed by atoms with Gasteiger partial charge in [-0.3, -0.25) is 9.59 Å². The number of alkyl halides is 3. The summed E-state index contributed by atoms with van der Waals surface area (Å²) in [5.41, 5.74) is 1.25. The number of nitrogens with one attached hydrogen (secondary N) is 2. The van der Waals surface area contributed by atoms with Crippen molar-refractivity contribution in [2.24, 2.45) is 11.8 Å². The minimum absolute atomic E-state index is 0.0596. The highest BCUT2D eigenvalue weighted by molar-refractivity contribution is 5.88. The summed E-state index contributed by atoms with van der Waals surface area (Å²) in [4.78, 5) is 34.9. The molecule has 142 valence electrons. The van der Waals surface area contributed by atoms with E-state index < -0.39 is 43.1 Å². The van der Waals surface area contributed by atoms with Gasteiger partial charge in [0.05, 0.1) is 11.8 Å². The van der Waals surface area contributed by atoms with Gasteiger partial charge in [0.1, 0.15) is 0 Å². The van der Waals surface area contributed by atoms with Crippen LogP contribution in [-0.4, -0.2) is 47.2 Å². The van der Waals surface area contributed by atoms with Crippen LogP contribution in [0.3, 0.4) is 0 Å². The number of halogens is 3. The summed E-state index contributed by atoms with van der Waals surface area (Å²) in [6.45, 7) is 0.244. The fourth-order valence-corrected chi connectivity index (χ4v) is 2.75. The number of carboxylic acids is 1. The van der Waals surface area contributed by atoms with Gasteiger partial charge in [-0.05, 0) is 17.7 Å². The molecule has 0 saturated carbocycles. The number of benzene rings is 1. The Bertz CT molecular complexity index is 691. The van der Waals surface area contributed by atoms with E-state index in [1.54, 1.807) is 24.3 Å². The Balaban J connectivity index is 1.93. The first kappa shape index (κ1) is 19.5. The molecule has 26 heavy (non-hydrogen) atoms. The van der Waals surface area contributed by atoms with Crippen LogP contribution in [0.25, 0.3) is 0 Å². The Morgan fingerprint density at radius 2 is 1.81 bits per heavy atom. The first-order chi connectivity index (χ1) is 12.1. The second kappa shape index (κ2) is 7.63. The summed E-state index contributed by atoms with van der Waals surface area (Å²) < 4.78 is 38.8. The van der Waals surface area contributed by atoms with Gasteiger partial charge in [0.25, 0.3) is 0 Å². The smallest absolute Gasteiger partial charge is 0.394 e. The number of carbonyl (C=O) groups is 3. The maximum atomic E-state index is 12.9. The number of hydrogen-bond acceptors (Lipinski definition) is 3. The Morgan fingerprint density at radius 3 is 2.27 bits per heavy atom. The average molecular weight is 373 g/mol. The third-order valence-electron chi connectivity index (χ3n) is 4.06. The molecule has 0 aromatic heterocycles. The zero-order valence-corrected chi connectivity index (χ0v) is 13.8. The summed E-state index contributed by atoms with van der Waals surface area (Å²) in [5, 5.41) is 14.0. The van der Waals surface area contributed by atoms with E-state index in [9.17, 15) is 27.6 Å². The van der Waals surface area contributed by atoms with Gasteiger partial charge in [-0.15, -0.1) is 0 Å². The normalized spacial score (nSPS) is 19.9. The quantitative estimate of drug-likeness (QED) is 0.752. The highest BCUT2D eigenvalue weighted by Gasteiger charge is 2.53. The van der Waals surface area contributed by atoms with E-state index in [4.69, 9.17) is 5.11 Å². The molecular weight excluding hydrogens is 355 g/mol. The fourth-order valence-electron chi connectivity index (χ4n) is 2.75. The molecule has 1 fully saturated rings. The fraction of sp³-hybridized carbons (Fsp3) is 0.438. The van der Waals surface area contributed by atoms with E-state index >= 15 is 0 Å². The van der Waals surface area contributed by atoms with Crippen molar-refractivity contribution in [3.05, 3.63) is 29.8 Å². The SMILES string of the molecule is CC(=O)Nc1ccc(CNC(=O)N2C[C@@H](C(F)(F)F)[C@H](C(=O)O)C2)cc1. The van der Waals surface area contributed by atoms with Crippen LogP contribution in [0.15, 0.2) is 24.3 Å². The number of amides is 3. The van der Waals surface area contributed by atoms with Crippen molar-refractivity contribution < 1.29 is 32.7 Å². The lowest BCUT2D eigenvalue weighted by Gasteiger charge is -2.18. The van der Waals surface area contributed by atoms with Gasteiger partial charge in [-0.1, -0.05) is 12.1 Å². The second-order valence-corrected chi connectivity index (χ2v) is 6.03. The van der Waals surface area contributed by atoms with Crippen LogP contribution in [0, 0.1) is 11.8 Å². The van der Waals surface area contributed by atoms with Crippen molar-refractivity contribution in [2.75, 3.05) is 18.4 Å². The number of likely N-dealkylation sites (tertiary alicyclic amines) is 1. The molecule has 1 aromatic carbocycles. The summed E-state index contributed by atoms with van der Waals surface area (Å²) in [6, 6.07) is 5.79. The Morgan fingerprint density at radius 1 is 1.19 bits per heavy atom. The van der Waals surface area contributed by atoms with Gasteiger partial charge in [0, 0.05) is 32.2 Å². The van der Waals surface area contributed by atoms with E-state index in [2.05, 4.69) is 10.6 Å². The summed E-state index contributed by atoms with van der Waals surface area (Å²) in [5.74, 6) is -5.55. The summed E-state index contributed by atoms with van der Waals surface area (Å²) in [7, 11) is 0. The number of anilines is 1. The molecule has 2 atom stereocenters. The van der Waals surface area contributed by atoms with Crippen molar-refractivity contribution >= 4 is 23.6 Å². The van der Waals surface area contributed by atoms with E-state index in [1.165, 1.54) is 6.92 Å². The Kier molecular flexibility index (Phi) is 5.73. The molecule has 2 rings (SSSR count). The molecule has 1 saturated heterocycles. The van der Waals surface area contributed by atoms with Crippen molar-refractivity contribution in [1.29, 1.82) is 0 Å². The van der Waals surface area contributed by atoms with Crippen molar-refractivity contribution in [3.63, 3.8) is 0 Å². The molecule has 1 aromatic rings. The second-order valence-electron chi connectivity index (χ2n) is 6.03. The molecule has 1 heterocycles. The number of carbonyl (C=O) groups excluding carboxylic acids is 2. The van der Waals surface area contributed by atoms with Crippen LogP contribution < -0.4 is 10.6 Å². The van der Waals surface area contributed by atoms with Crippen molar-refractivity contribution in [3.8, 4) is 0 Å². The minimum Gasteiger partial charge on any atom is -0.481 e. The van der Waals surface area contributed by atoms with Crippen molar-refractivity contribution in [2.45, 2.75) is 19.6 Å². The van der Waals surface area contributed by atoms with E-state index in [0.717, 1.165) is 4.90 Å². The molecule has 0 radical (unpaired) electrons. The van der Waals surface area contributed by atoms with Gasteiger partial charge in [0.15, 0.2) is 0 Å².